The molecule has 0 aromatic heterocycles. The molecule has 2 N–H and O–H groups in total. The molecule has 22 heavy (non-hydrogen) atoms. The Morgan fingerprint density at radius 3 is 2.36 bits per heavy atom. The maximum absolute atomic E-state index is 11.9. The van der Waals surface area contributed by atoms with Gasteiger partial charge in [-0.2, -0.15) is 5.10 Å². The van der Waals surface area contributed by atoms with Crippen molar-refractivity contribution in [3.8, 4) is 5.75 Å². The number of hydrazone groups is 1. The van der Waals surface area contributed by atoms with Gasteiger partial charge in [-0.05, 0) is 36.4 Å². The van der Waals surface area contributed by atoms with Gasteiger partial charge in [0, 0.05) is 11.1 Å². The Morgan fingerprint density at radius 2 is 1.77 bits per heavy atom. The maximum atomic E-state index is 11.9. The fraction of sp³-hybridized carbons (Fsp3) is 0.0625. The molecule has 2 aromatic rings. The van der Waals surface area contributed by atoms with Crippen LogP contribution in [-0.2, 0) is 0 Å². The fourth-order valence-electron chi connectivity index (χ4n) is 1.75. The molecule has 2 rings (SSSR count). The van der Waals surface area contributed by atoms with Gasteiger partial charge >= 0.3 is 0 Å². The van der Waals surface area contributed by atoms with Gasteiger partial charge in [0.2, 0.25) is 0 Å². The molecule has 0 aliphatic heterocycles. The second-order valence-electron chi connectivity index (χ2n) is 4.28. The van der Waals surface area contributed by atoms with Crippen LogP contribution in [0.3, 0.4) is 0 Å². The first-order valence-corrected chi connectivity index (χ1v) is 6.49. The minimum absolute atomic E-state index is 0.314. The number of carbonyl (C=O) groups is 1. The minimum atomic E-state index is -0.349. The predicted octanol–water partition coefficient (Wildman–Crippen LogP) is 2.29. The summed E-state index contributed by atoms with van der Waals surface area (Å²) in [5, 5.41) is 15.7. The SMILES string of the molecule is COc1ccc(C(C=NO)=NNC(=O)c2ccccc2)cc1. The number of methoxy groups -OCH3 is 1. The number of ether oxygens (including phenoxy) is 1. The first kappa shape index (κ1) is 15.2. The van der Waals surface area contributed by atoms with E-state index in [4.69, 9.17) is 9.94 Å². The number of carbonyl (C=O) groups excluding carboxylic acids is 1. The predicted molar refractivity (Wildman–Crippen MR) is 83.7 cm³/mol. The van der Waals surface area contributed by atoms with E-state index in [-0.39, 0.29) is 5.91 Å². The van der Waals surface area contributed by atoms with E-state index in [2.05, 4.69) is 15.7 Å². The highest BCUT2D eigenvalue weighted by Crippen LogP contribution is 2.11. The normalized spacial score (nSPS) is 11.4. The summed E-state index contributed by atoms with van der Waals surface area (Å²) < 4.78 is 5.07. The van der Waals surface area contributed by atoms with Crippen LogP contribution in [0.2, 0.25) is 0 Å². The summed E-state index contributed by atoms with van der Waals surface area (Å²) in [6, 6.07) is 15.7. The average Bonchev–Trinajstić information content (AvgIpc) is 2.59. The number of amides is 1. The third-order valence-electron chi connectivity index (χ3n) is 2.88. The molecule has 6 heteroatoms. The topological polar surface area (TPSA) is 83.3 Å². The van der Waals surface area contributed by atoms with Crippen molar-refractivity contribution in [1.29, 1.82) is 0 Å². The van der Waals surface area contributed by atoms with E-state index in [1.165, 1.54) is 0 Å². The molecule has 1 amide bonds. The van der Waals surface area contributed by atoms with E-state index in [0.717, 1.165) is 6.21 Å². The molecule has 2 aromatic carbocycles. The largest absolute Gasteiger partial charge is 0.497 e. The van der Waals surface area contributed by atoms with Crippen LogP contribution in [0.4, 0.5) is 0 Å². The molecule has 0 saturated carbocycles. The zero-order valence-electron chi connectivity index (χ0n) is 11.9. The zero-order chi connectivity index (χ0) is 15.8. The van der Waals surface area contributed by atoms with E-state index in [0.29, 0.717) is 22.6 Å². The van der Waals surface area contributed by atoms with Gasteiger partial charge in [-0.1, -0.05) is 23.4 Å². The van der Waals surface area contributed by atoms with Crippen molar-refractivity contribution in [3.63, 3.8) is 0 Å². The lowest BCUT2D eigenvalue weighted by atomic mass is 10.1. The van der Waals surface area contributed by atoms with Crippen molar-refractivity contribution in [2.24, 2.45) is 10.3 Å². The van der Waals surface area contributed by atoms with Gasteiger partial charge in [0.25, 0.3) is 5.91 Å². The molecule has 0 radical (unpaired) electrons. The third kappa shape index (κ3) is 3.92. The van der Waals surface area contributed by atoms with Gasteiger partial charge in [0.1, 0.15) is 11.5 Å². The Balaban J connectivity index is 2.18. The molecule has 0 aliphatic rings. The van der Waals surface area contributed by atoms with Crippen LogP contribution >= 0.6 is 0 Å². The number of oxime groups is 1. The van der Waals surface area contributed by atoms with Crippen molar-refractivity contribution in [2.45, 2.75) is 0 Å². The molecule has 6 nitrogen and oxygen atoms in total. The molecule has 0 saturated heterocycles. The third-order valence-corrected chi connectivity index (χ3v) is 2.88. The van der Waals surface area contributed by atoms with E-state index < -0.39 is 0 Å². The molecule has 0 spiro atoms. The van der Waals surface area contributed by atoms with E-state index in [1.807, 2.05) is 6.07 Å². The zero-order valence-corrected chi connectivity index (χ0v) is 11.9. The lowest BCUT2D eigenvalue weighted by Crippen LogP contribution is -2.20. The van der Waals surface area contributed by atoms with Crippen molar-refractivity contribution in [2.75, 3.05) is 7.11 Å². The number of nitrogens with zero attached hydrogens (tertiary/aromatic N) is 2. The van der Waals surface area contributed by atoms with Gasteiger partial charge in [0.05, 0.1) is 13.3 Å². The molecule has 0 unspecified atom stereocenters. The van der Waals surface area contributed by atoms with Crippen molar-refractivity contribution in [3.05, 3.63) is 65.7 Å². The van der Waals surface area contributed by atoms with Crippen LogP contribution in [0, 0.1) is 0 Å². The molecular formula is C16H15N3O3. The Morgan fingerprint density at radius 1 is 1.09 bits per heavy atom. The monoisotopic (exact) mass is 297 g/mol. The fourth-order valence-corrected chi connectivity index (χ4v) is 1.75. The summed E-state index contributed by atoms with van der Waals surface area (Å²) in [7, 11) is 1.57. The Hall–Kier alpha value is -3.15. The summed E-state index contributed by atoms with van der Waals surface area (Å²) >= 11 is 0. The van der Waals surface area contributed by atoms with Crippen molar-refractivity contribution >= 4 is 17.8 Å². The Labute approximate surface area is 127 Å². The summed E-state index contributed by atoms with van der Waals surface area (Å²) in [6.07, 6.45) is 1.15. The molecule has 0 bridgehead atoms. The Bertz CT molecular complexity index is 680. The number of hydrogen-bond acceptors (Lipinski definition) is 5. The van der Waals surface area contributed by atoms with E-state index in [1.54, 1.807) is 55.6 Å². The number of nitrogens with one attached hydrogen (secondary N) is 1. The summed E-state index contributed by atoms with van der Waals surface area (Å²) in [4.78, 5) is 11.9. The molecule has 0 heterocycles. The van der Waals surface area contributed by atoms with Gasteiger partial charge in [-0.3, -0.25) is 4.79 Å². The maximum Gasteiger partial charge on any atom is 0.271 e. The second-order valence-corrected chi connectivity index (χ2v) is 4.28. The smallest absolute Gasteiger partial charge is 0.271 e. The first-order chi connectivity index (χ1) is 10.7. The average molecular weight is 297 g/mol. The molecule has 0 aliphatic carbocycles. The molecule has 112 valence electrons. The van der Waals surface area contributed by atoms with Gasteiger partial charge < -0.3 is 9.94 Å². The summed E-state index contributed by atoms with van der Waals surface area (Å²) in [5.74, 6) is 0.343. The summed E-state index contributed by atoms with van der Waals surface area (Å²) in [6.45, 7) is 0. The quantitative estimate of drug-likeness (QED) is 0.504. The van der Waals surface area contributed by atoms with E-state index >= 15 is 0 Å². The van der Waals surface area contributed by atoms with Crippen LogP contribution in [0.15, 0.2) is 64.9 Å². The van der Waals surface area contributed by atoms with Crippen LogP contribution in [0.1, 0.15) is 15.9 Å². The van der Waals surface area contributed by atoms with Crippen molar-refractivity contribution in [1.82, 2.24) is 5.43 Å². The highest BCUT2D eigenvalue weighted by atomic mass is 16.5. The standard InChI is InChI=1S/C16H15N3O3/c1-22-14-9-7-12(8-10-14)15(11-17-21)18-19-16(20)13-5-3-2-4-6-13/h2-11,21H,1H3,(H,19,20). The number of hydrogen-bond donors (Lipinski definition) is 2. The molecule has 0 fully saturated rings. The lowest BCUT2D eigenvalue weighted by molar-refractivity contribution is 0.0955. The highest BCUT2D eigenvalue weighted by molar-refractivity contribution is 6.38. The first-order valence-electron chi connectivity index (χ1n) is 6.49. The van der Waals surface area contributed by atoms with Crippen LogP contribution in [0.25, 0.3) is 0 Å². The minimum Gasteiger partial charge on any atom is -0.497 e. The van der Waals surface area contributed by atoms with Crippen LogP contribution in [0.5, 0.6) is 5.75 Å². The van der Waals surface area contributed by atoms with Gasteiger partial charge in [-0.25, -0.2) is 5.43 Å². The Kier molecular flexibility index (Phi) is 5.25. The second kappa shape index (κ2) is 7.58. The number of rotatable bonds is 5. The summed E-state index contributed by atoms with van der Waals surface area (Å²) in [5.41, 5.74) is 3.90. The molecule has 0 atom stereocenters. The lowest BCUT2D eigenvalue weighted by Gasteiger charge is -2.04. The van der Waals surface area contributed by atoms with E-state index in [9.17, 15) is 4.79 Å². The highest BCUT2D eigenvalue weighted by Gasteiger charge is 2.06. The number of benzene rings is 2. The van der Waals surface area contributed by atoms with Gasteiger partial charge in [-0.15, -0.1) is 0 Å². The van der Waals surface area contributed by atoms with Crippen LogP contribution < -0.4 is 10.2 Å². The van der Waals surface area contributed by atoms with Crippen LogP contribution in [-0.4, -0.2) is 30.2 Å². The molecular weight excluding hydrogens is 282 g/mol. The van der Waals surface area contributed by atoms with Gasteiger partial charge in [0.15, 0.2) is 0 Å². The van der Waals surface area contributed by atoms with Crippen molar-refractivity contribution < 1.29 is 14.7 Å².